The van der Waals surface area contributed by atoms with Crippen molar-refractivity contribution >= 4 is 6.09 Å². The molecular formula is C11H22N2O3. The molecule has 1 amide bonds. The first-order valence-electron chi connectivity index (χ1n) is 5.68. The van der Waals surface area contributed by atoms with Crippen LogP contribution in [0.25, 0.3) is 0 Å². The van der Waals surface area contributed by atoms with E-state index in [1.54, 1.807) is 4.90 Å². The smallest absolute Gasteiger partial charge is 0.410 e. The fourth-order valence-corrected chi connectivity index (χ4v) is 1.75. The summed E-state index contributed by atoms with van der Waals surface area (Å²) < 4.78 is 5.26. The van der Waals surface area contributed by atoms with E-state index in [0.29, 0.717) is 13.1 Å². The van der Waals surface area contributed by atoms with Gasteiger partial charge in [0.25, 0.3) is 0 Å². The lowest BCUT2D eigenvalue weighted by molar-refractivity contribution is 0.0127. The number of rotatable bonds is 1. The van der Waals surface area contributed by atoms with Gasteiger partial charge in [-0.15, -0.1) is 0 Å². The molecule has 16 heavy (non-hydrogen) atoms. The largest absolute Gasteiger partial charge is 0.444 e. The number of aliphatic hydroxyl groups is 1. The normalized spacial score (nSPS) is 26.7. The molecule has 0 saturated carbocycles. The maximum absolute atomic E-state index is 11.7. The van der Waals surface area contributed by atoms with Crippen molar-refractivity contribution < 1.29 is 14.6 Å². The van der Waals surface area contributed by atoms with Crippen LogP contribution >= 0.6 is 0 Å². The van der Waals surface area contributed by atoms with Gasteiger partial charge in [0.05, 0.1) is 0 Å². The number of aliphatic hydroxyl groups excluding tert-OH is 1. The zero-order valence-corrected chi connectivity index (χ0v) is 10.3. The standard InChI is InChI=1S/C11H22N2O3/c1-11(2,3)16-10(15)13-5-4-8(7-14)9(12)6-13/h8-9,14H,4-7,12H2,1-3H3/t8-,9+/m0/s1. The first-order chi connectivity index (χ1) is 7.33. The first-order valence-corrected chi connectivity index (χ1v) is 5.68. The predicted octanol–water partition coefficient (Wildman–Crippen LogP) is 0.563. The van der Waals surface area contributed by atoms with Crippen molar-refractivity contribution in [3.8, 4) is 0 Å². The van der Waals surface area contributed by atoms with Crippen LogP contribution in [0.3, 0.4) is 0 Å². The lowest BCUT2D eigenvalue weighted by atomic mass is 9.93. The van der Waals surface area contributed by atoms with Gasteiger partial charge in [0.15, 0.2) is 0 Å². The van der Waals surface area contributed by atoms with Crippen LogP contribution in [0.1, 0.15) is 27.2 Å². The predicted molar refractivity (Wildman–Crippen MR) is 61.0 cm³/mol. The summed E-state index contributed by atoms with van der Waals surface area (Å²) in [7, 11) is 0. The Labute approximate surface area is 96.6 Å². The number of nitrogens with zero attached hydrogens (tertiary/aromatic N) is 1. The summed E-state index contributed by atoms with van der Waals surface area (Å²) in [5, 5.41) is 9.06. The minimum absolute atomic E-state index is 0.0866. The Morgan fingerprint density at radius 1 is 1.56 bits per heavy atom. The molecule has 1 fully saturated rings. The van der Waals surface area contributed by atoms with Crippen LogP contribution in [-0.2, 0) is 4.74 Å². The molecular weight excluding hydrogens is 208 g/mol. The van der Waals surface area contributed by atoms with Crippen LogP contribution in [0.2, 0.25) is 0 Å². The van der Waals surface area contributed by atoms with Crippen molar-refractivity contribution in [2.24, 2.45) is 11.7 Å². The highest BCUT2D eigenvalue weighted by atomic mass is 16.6. The number of ether oxygens (including phenoxy) is 1. The van der Waals surface area contributed by atoms with E-state index in [4.69, 9.17) is 15.6 Å². The number of hydrogen-bond donors (Lipinski definition) is 2. The second-order valence-corrected chi connectivity index (χ2v) is 5.32. The molecule has 0 aliphatic carbocycles. The summed E-state index contributed by atoms with van der Waals surface area (Å²) in [4.78, 5) is 13.4. The quantitative estimate of drug-likeness (QED) is 0.690. The summed E-state index contributed by atoms with van der Waals surface area (Å²) in [6.45, 7) is 6.67. The second kappa shape index (κ2) is 5.01. The van der Waals surface area contributed by atoms with Gasteiger partial charge in [-0.2, -0.15) is 0 Å². The summed E-state index contributed by atoms with van der Waals surface area (Å²) in [6, 6.07) is -0.161. The molecule has 1 saturated heterocycles. The fraction of sp³-hybridized carbons (Fsp3) is 0.909. The molecule has 0 aromatic rings. The molecule has 5 nitrogen and oxygen atoms in total. The van der Waals surface area contributed by atoms with Gasteiger partial charge in [0, 0.05) is 31.7 Å². The third-order valence-electron chi connectivity index (χ3n) is 2.69. The van der Waals surface area contributed by atoms with Crippen LogP contribution in [-0.4, -0.2) is 47.4 Å². The number of hydrogen-bond acceptors (Lipinski definition) is 4. The van der Waals surface area contributed by atoms with E-state index < -0.39 is 5.60 Å². The van der Waals surface area contributed by atoms with Crippen LogP contribution in [0.15, 0.2) is 0 Å². The van der Waals surface area contributed by atoms with Gasteiger partial charge in [-0.25, -0.2) is 4.79 Å². The first kappa shape index (κ1) is 13.3. The van der Waals surface area contributed by atoms with Crippen molar-refractivity contribution in [2.75, 3.05) is 19.7 Å². The van der Waals surface area contributed by atoms with Crippen molar-refractivity contribution in [1.29, 1.82) is 0 Å². The number of amides is 1. The molecule has 0 aromatic heterocycles. The van der Waals surface area contributed by atoms with Crippen molar-refractivity contribution in [3.63, 3.8) is 0 Å². The number of likely N-dealkylation sites (tertiary alicyclic amines) is 1. The summed E-state index contributed by atoms with van der Waals surface area (Å²) in [6.07, 6.45) is 0.413. The Balaban J connectivity index is 2.48. The molecule has 0 unspecified atom stereocenters. The van der Waals surface area contributed by atoms with E-state index in [0.717, 1.165) is 6.42 Å². The van der Waals surface area contributed by atoms with E-state index in [-0.39, 0.29) is 24.7 Å². The Morgan fingerprint density at radius 2 is 2.19 bits per heavy atom. The molecule has 94 valence electrons. The molecule has 0 radical (unpaired) electrons. The van der Waals surface area contributed by atoms with Gasteiger partial charge in [-0.3, -0.25) is 0 Å². The second-order valence-electron chi connectivity index (χ2n) is 5.32. The van der Waals surface area contributed by atoms with E-state index in [1.165, 1.54) is 0 Å². The highest BCUT2D eigenvalue weighted by molar-refractivity contribution is 5.68. The highest BCUT2D eigenvalue weighted by Crippen LogP contribution is 2.18. The SMILES string of the molecule is CC(C)(C)OC(=O)N1CC[C@@H](CO)[C@H](N)C1. The Hall–Kier alpha value is -0.810. The van der Waals surface area contributed by atoms with Crippen molar-refractivity contribution in [1.82, 2.24) is 4.90 Å². The van der Waals surface area contributed by atoms with Gasteiger partial charge in [-0.1, -0.05) is 0 Å². The number of piperidine rings is 1. The lowest BCUT2D eigenvalue weighted by Crippen LogP contribution is -2.52. The maximum atomic E-state index is 11.7. The third-order valence-corrected chi connectivity index (χ3v) is 2.69. The summed E-state index contributed by atoms with van der Waals surface area (Å²) in [5.74, 6) is 0.0960. The maximum Gasteiger partial charge on any atom is 0.410 e. The topological polar surface area (TPSA) is 75.8 Å². The van der Waals surface area contributed by atoms with Crippen LogP contribution in [0.5, 0.6) is 0 Å². The minimum atomic E-state index is -0.477. The van der Waals surface area contributed by atoms with E-state index in [2.05, 4.69) is 0 Å². The van der Waals surface area contributed by atoms with Gasteiger partial charge in [0.2, 0.25) is 0 Å². The Bertz CT molecular complexity index is 250. The summed E-state index contributed by atoms with van der Waals surface area (Å²) >= 11 is 0. The summed E-state index contributed by atoms with van der Waals surface area (Å²) in [5.41, 5.74) is 5.39. The molecule has 1 aliphatic rings. The van der Waals surface area contributed by atoms with E-state index in [1.807, 2.05) is 20.8 Å². The number of carbonyl (C=O) groups excluding carboxylic acids is 1. The average molecular weight is 230 g/mol. The molecule has 1 aliphatic heterocycles. The number of carbonyl (C=O) groups is 1. The Kier molecular flexibility index (Phi) is 4.15. The molecule has 0 spiro atoms. The van der Waals surface area contributed by atoms with Crippen LogP contribution in [0.4, 0.5) is 4.79 Å². The van der Waals surface area contributed by atoms with Gasteiger partial charge < -0.3 is 20.5 Å². The van der Waals surface area contributed by atoms with Crippen molar-refractivity contribution in [3.05, 3.63) is 0 Å². The molecule has 0 bridgehead atoms. The zero-order chi connectivity index (χ0) is 12.3. The fourth-order valence-electron chi connectivity index (χ4n) is 1.75. The monoisotopic (exact) mass is 230 g/mol. The van der Waals surface area contributed by atoms with E-state index >= 15 is 0 Å². The number of nitrogens with two attached hydrogens (primary N) is 1. The van der Waals surface area contributed by atoms with Crippen LogP contribution in [0, 0.1) is 5.92 Å². The molecule has 1 rings (SSSR count). The lowest BCUT2D eigenvalue weighted by Gasteiger charge is -2.36. The molecule has 3 N–H and O–H groups in total. The van der Waals surface area contributed by atoms with Gasteiger partial charge in [-0.05, 0) is 27.2 Å². The zero-order valence-electron chi connectivity index (χ0n) is 10.3. The highest BCUT2D eigenvalue weighted by Gasteiger charge is 2.30. The molecule has 2 atom stereocenters. The van der Waals surface area contributed by atoms with E-state index in [9.17, 15) is 4.79 Å². The van der Waals surface area contributed by atoms with Crippen LogP contribution < -0.4 is 5.73 Å². The molecule has 1 heterocycles. The van der Waals surface area contributed by atoms with Gasteiger partial charge >= 0.3 is 6.09 Å². The molecule has 0 aromatic carbocycles. The minimum Gasteiger partial charge on any atom is -0.444 e. The molecule has 5 heteroatoms. The van der Waals surface area contributed by atoms with Gasteiger partial charge in [0.1, 0.15) is 5.60 Å². The average Bonchev–Trinajstić information content (AvgIpc) is 2.15. The third kappa shape index (κ3) is 3.64. The Morgan fingerprint density at radius 3 is 2.62 bits per heavy atom. The van der Waals surface area contributed by atoms with Crippen molar-refractivity contribution in [2.45, 2.75) is 38.8 Å².